The van der Waals surface area contributed by atoms with Crippen LogP contribution in [0.4, 0.5) is 11.6 Å². The first-order valence-electron chi connectivity index (χ1n) is 7.24. The molecule has 1 aliphatic heterocycles. The Labute approximate surface area is 115 Å². The third-order valence-electron chi connectivity index (χ3n) is 3.53. The van der Waals surface area contributed by atoms with Gasteiger partial charge in [0, 0.05) is 31.7 Å². The zero-order valence-corrected chi connectivity index (χ0v) is 12.2. The molecule has 1 aromatic rings. The highest BCUT2D eigenvalue weighted by Crippen LogP contribution is 2.20. The van der Waals surface area contributed by atoms with Gasteiger partial charge < -0.3 is 15.5 Å². The number of hydrogen-bond acceptors (Lipinski definition) is 5. The Kier molecular flexibility index (Phi) is 4.96. The maximum Gasteiger partial charge on any atom is 0.134 e. The molecule has 2 rings (SSSR count). The number of nitrogens with one attached hydrogen (secondary N) is 2. The average Bonchev–Trinajstić information content (AvgIpc) is 2.44. The number of piperidine rings is 1. The van der Waals surface area contributed by atoms with Gasteiger partial charge in [0.15, 0.2) is 0 Å². The molecule has 0 spiro atoms. The molecule has 2 N–H and O–H groups in total. The lowest BCUT2D eigenvalue weighted by Crippen LogP contribution is -2.44. The van der Waals surface area contributed by atoms with Gasteiger partial charge in [0.25, 0.3) is 0 Å². The minimum Gasteiger partial charge on any atom is -0.370 e. The van der Waals surface area contributed by atoms with E-state index in [1.54, 1.807) is 0 Å². The van der Waals surface area contributed by atoms with Crippen LogP contribution in [0.2, 0.25) is 0 Å². The highest BCUT2D eigenvalue weighted by molar-refractivity contribution is 5.49. The minimum atomic E-state index is 0.566. The maximum atomic E-state index is 4.58. The first-order valence-corrected chi connectivity index (χ1v) is 7.24. The van der Waals surface area contributed by atoms with Gasteiger partial charge in [-0.1, -0.05) is 6.92 Å². The van der Waals surface area contributed by atoms with Crippen LogP contribution in [-0.2, 0) is 0 Å². The first-order chi connectivity index (χ1) is 9.22. The monoisotopic (exact) mass is 263 g/mol. The fourth-order valence-electron chi connectivity index (χ4n) is 2.48. The van der Waals surface area contributed by atoms with Gasteiger partial charge in [-0.25, -0.2) is 9.97 Å². The van der Waals surface area contributed by atoms with E-state index in [9.17, 15) is 0 Å². The van der Waals surface area contributed by atoms with Crippen LogP contribution in [0.3, 0.4) is 0 Å². The quantitative estimate of drug-likeness (QED) is 0.848. The van der Waals surface area contributed by atoms with Gasteiger partial charge in [-0.15, -0.1) is 0 Å². The summed E-state index contributed by atoms with van der Waals surface area (Å²) in [6, 6.07) is 2.64. The molecule has 5 heteroatoms. The largest absolute Gasteiger partial charge is 0.370 e. The molecule has 0 bridgehead atoms. The van der Waals surface area contributed by atoms with E-state index in [1.807, 2.05) is 14.0 Å². The van der Waals surface area contributed by atoms with Crippen molar-refractivity contribution < 1.29 is 0 Å². The van der Waals surface area contributed by atoms with Crippen molar-refractivity contribution in [2.24, 2.45) is 0 Å². The second-order valence-corrected chi connectivity index (χ2v) is 5.16. The van der Waals surface area contributed by atoms with Crippen LogP contribution >= 0.6 is 0 Å². The summed E-state index contributed by atoms with van der Waals surface area (Å²) in [5.41, 5.74) is 0. The zero-order valence-electron chi connectivity index (χ0n) is 12.2. The fourth-order valence-corrected chi connectivity index (χ4v) is 2.48. The summed E-state index contributed by atoms with van der Waals surface area (Å²) in [7, 11) is 2.04. The van der Waals surface area contributed by atoms with Crippen molar-refractivity contribution in [3.05, 3.63) is 11.9 Å². The van der Waals surface area contributed by atoms with Gasteiger partial charge in [-0.05, 0) is 33.2 Å². The van der Waals surface area contributed by atoms with Crippen LogP contribution in [0.5, 0.6) is 0 Å². The van der Waals surface area contributed by atoms with Crippen molar-refractivity contribution in [1.82, 2.24) is 15.3 Å². The van der Waals surface area contributed by atoms with E-state index in [-0.39, 0.29) is 0 Å². The zero-order chi connectivity index (χ0) is 13.7. The molecule has 1 aliphatic rings. The molecule has 1 unspecified atom stereocenters. The van der Waals surface area contributed by atoms with E-state index in [0.717, 1.165) is 43.5 Å². The lowest BCUT2D eigenvalue weighted by molar-refractivity contribution is 0.447. The summed E-state index contributed by atoms with van der Waals surface area (Å²) in [4.78, 5) is 11.4. The third kappa shape index (κ3) is 3.80. The highest BCUT2D eigenvalue weighted by Gasteiger charge is 2.20. The van der Waals surface area contributed by atoms with Crippen molar-refractivity contribution in [2.75, 3.05) is 36.9 Å². The molecule has 1 fully saturated rings. The van der Waals surface area contributed by atoms with Gasteiger partial charge in [0.05, 0.1) is 0 Å². The van der Waals surface area contributed by atoms with Crippen molar-refractivity contribution in [1.29, 1.82) is 0 Å². The number of hydrogen-bond donors (Lipinski definition) is 2. The van der Waals surface area contributed by atoms with Crippen LogP contribution in [-0.4, -0.2) is 42.7 Å². The van der Waals surface area contributed by atoms with Gasteiger partial charge in [0.1, 0.15) is 17.5 Å². The first kappa shape index (κ1) is 14.1. The normalized spacial score (nSPS) is 19.5. The second-order valence-electron chi connectivity index (χ2n) is 5.16. The van der Waals surface area contributed by atoms with Crippen LogP contribution in [0.1, 0.15) is 32.0 Å². The summed E-state index contributed by atoms with van der Waals surface area (Å²) in [5.74, 6) is 2.82. The van der Waals surface area contributed by atoms with Crippen molar-refractivity contribution in [3.63, 3.8) is 0 Å². The molecule has 19 heavy (non-hydrogen) atoms. The summed E-state index contributed by atoms with van der Waals surface area (Å²) in [6.45, 7) is 7.18. The van der Waals surface area contributed by atoms with E-state index in [2.05, 4.69) is 38.5 Å². The Bertz CT molecular complexity index is 407. The van der Waals surface area contributed by atoms with Gasteiger partial charge in [-0.2, -0.15) is 0 Å². The maximum absolute atomic E-state index is 4.58. The minimum absolute atomic E-state index is 0.566. The van der Waals surface area contributed by atoms with Gasteiger partial charge in [-0.3, -0.25) is 0 Å². The third-order valence-corrected chi connectivity index (χ3v) is 3.53. The molecule has 1 aromatic heterocycles. The SMILES string of the molecule is CCCNc1cc(N2CCCC(NC)C2)nc(C)n1. The average molecular weight is 263 g/mol. The molecule has 0 radical (unpaired) electrons. The number of rotatable bonds is 5. The predicted molar refractivity (Wildman–Crippen MR) is 79.8 cm³/mol. The molecular formula is C14H25N5. The smallest absolute Gasteiger partial charge is 0.134 e. The Balaban J connectivity index is 2.11. The Morgan fingerprint density at radius 3 is 3.00 bits per heavy atom. The number of aromatic nitrogens is 2. The lowest BCUT2D eigenvalue weighted by Gasteiger charge is -2.33. The van der Waals surface area contributed by atoms with E-state index in [0.29, 0.717) is 6.04 Å². The molecule has 0 amide bonds. The molecule has 0 saturated carbocycles. The summed E-state index contributed by atoms with van der Waals surface area (Å²) in [6.07, 6.45) is 3.56. The van der Waals surface area contributed by atoms with Gasteiger partial charge in [0.2, 0.25) is 0 Å². The Morgan fingerprint density at radius 2 is 2.26 bits per heavy atom. The predicted octanol–water partition coefficient (Wildman–Crippen LogP) is 1.80. The molecule has 1 saturated heterocycles. The summed E-state index contributed by atoms with van der Waals surface area (Å²) < 4.78 is 0. The van der Waals surface area contributed by atoms with Crippen LogP contribution in [0, 0.1) is 6.92 Å². The second kappa shape index (κ2) is 6.70. The molecule has 0 aromatic carbocycles. The van der Waals surface area contributed by atoms with E-state index >= 15 is 0 Å². The van der Waals surface area contributed by atoms with Crippen LogP contribution in [0.25, 0.3) is 0 Å². The van der Waals surface area contributed by atoms with Crippen molar-refractivity contribution in [3.8, 4) is 0 Å². The number of aryl methyl sites for hydroxylation is 1. The topological polar surface area (TPSA) is 53.1 Å². The van der Waals surface area contributed by atoms with Crippen LogP contribution in [0.15, 0.2) is 6.07 Å². The molecule has 1 atom stereocenters. The Morgan fingerprint density at radius 1 is 1.42 bits per heavy atom. The standard InChI is InChI=1S/C14H25N5/c1-4-7-16-13-9-14(18-11(2)17-13)19-8-5-6-12(10-19)15-3/h9,12,15H,4-8,10H2,1-3H3,(H,16,17,18). The number of anilines is 2. The number of likely N-dealkylation sites (N-methyl/N-ethyl adjacent to an activating group) is 1. The number of nitrogens with zero attached hydrogens (tertiary/aromatic N) is 3. The summed E-state index contributed by atoms with van der Waals surface area (Å²) >= 11 is 0. The van der Waals surface area contributed by atoms with Crippen molar-refractivity contribution in [2.45, 2.75) is 39.2 Å². The van der Waals surface area contributed by atoms with E-state index in [1.165, 1.54) is 12.8 Å². The highest BCUT2D eigenvalue weighted by atomic mass is 15.2. The molecule has 106 valence electrons. The van der Waals surface area contributed by atoms with E-state index < -0.39 is 0 Å². The van der Waals surface area contributed by atoms with Crippen LogP contribution < -0.4 is 15.5 Å². The lowest BCUT2D eigenvalue weighted by atomic mass is 10.1. The van der Waals surface area contributed by atoms with E-state index in [4.69, 9.17) is 0 Å². The molecular weight excluding hydrogens is 238 g/mol. The molecule has 5 nitrogen and oxygen atoms in total. The fraction of sp³-hybridized carbons (Fsp3) is 0.714. The Hall–Kier alpha value is -1.36. The molecule has 2 heterocycles. The summed E-state index contributed by atoms with van der Waals surface area (Å²) in [5, 5.41) is 6.71. The molecule has 0 aliphatic carbocycles. The van der Waals surface area contributed by atoms with Gasteiger partial charge >= 0.3 is 0 Å². The van der Waals surface area contributed by atoms with Crippen molar-refractivity contribution >= 4 is 11.6 Å².